The van der Waals surface area contributed by atoms with Gasteiger partial charge in [0.05, 0.1) is 25.1 Å². The summed E-state index contributed by atoms with van der Waals surface area (Å²) < 4.78 is 13.2. The Morgan fingerprint density at radius 1 is 0.778 bits per heavy atom. The van der Waals surface area contributed by atoms with Gasteiger partial charge in [0.1, 0.15) is 5.69 Å². The second-order valence-electron chi connectivity index (χ2n) is 8.94. The summed E-state index contributed by atoms with van der Waals surface area (Å²) in [6, 6.07) is 29.7. The molecule has 0 fully saturated rings. The zero-order valence-corrected chi connectivity index (χ0v) is 21.2. The van der Waals surface area contributed by atoms with Gasteiger partial charge in [-0.05, 0) is 31.9 Å². The van der Waals surface area contributed by atoms with Crippen LogP contribution in [0.2, 0.25) is 0 Å². The van der Waals surface area contributed by atoms with Gasteiger partial charge in [0, 0.05) is 17.5 Å². The monoisotopic (exact) mass is 482 g/mol. The van der Waals surface area contributed by atoms with Crippen LogP contribution >= 0.6 is 0 Å². The molecule has 36 heavy (non-hydrogen) atoms. The van der Waals surface area contributed by atoms with Gasteiger partial charge < -0.3 is 9.47 Å². The van der Waals surface area contributed by atoms with Crippen molar-refractivity contribution in [3.63, 3.8) is 0 Å². The van der Waals surface area contributed by atoms with Crippen LogP contribution in [0.15, 0.2) is 84.9 Å². The third-order valence-corrected chi connectivity index (χ3v) is 6.22. The highest BCUT2D eigenvalue weighted by Gasteiger charge is 2.22. The number of hydrogen-bond donors (Lipinski definition) is 0. The lowest BCUT2D eigenvalue weighted by atomic mass is 10.0. The first-order chi connectivity index (χ1) is 17.7. The van der Waals surface area contributed by atoms with Crippen LogP contribution in [0.1, 0.15) is 44.1 Å². The number of ether oxygens (including phenoxy) is 2. The maximum Gasteiger partial charge on any atom is 0.305 e. The summed E-state index contributed by atoms with van der Waals surface area (Å²) in [7, 11) is 1.44. The van der Waals surface area contributed by atoms with Gasteiger partial charge in [-0.3, -0.25) is 9.36 Å². The summed E-state index contributed by atoms with van der Waals surface area (Å²) in [4.78, 5) is 16.3. The molecule has 3 aromatic carbocycles. The van der Waals surface area contributed by atoms with Crippen molar-refractivity contribution in [3.8, 4) is 34.2 Å². The lowest BCUT2D eigenvalue weighted by Gasteiger charge is -2.14. The topological polar surface area (TPSA) is 53.4 Å². The summed E-state index contributed by atoms with van der Waals surface area (Å²) >= 11 is 0. The van der Waals surface area contributed by atoms with E-state index < -0.39 is 0 Å². The van der Waals surface area contributed by atoms with E-state index in [0.29, 0.717) is 19.0 Å². The van der Waals surface area contributed by atoms with Gasteiger partial charge in [0.25, 0.3) is 0 Å². The number of benzene rings is 3. The second-order valence-corrected chi connectivity index (χ2v) is 8.94. The van der Waals surface area contributed by atoms with Gasteiger partial charge in [0.15, 0.2) is 0 Å². The number of carbonyl (C=O) groups is 1. The molecule has 0 saturated carbocycles. The molecule has 0 aliphatic heterocycles. The first-order valence-electron chi connectivity index (χ1n) is 12.7. The fourth-order valence-electron chi connectivity index (χ4n) is 4.26. The van der Waals surface area contributed by atoms with E-state index in [9.17, 15) is 4.79 Å². The summed E-state index contributed by atoms with van der Waals surface area (Å²) in [5, 5.41) is 0. The average Bonchev–Trinajstić information content (AvgIpc) is 3.30. The molecule has 0 aliphatic rings. The summed E-state index contributed by atoms with van der Waals surface area (Å²) in [5.41, 5.74) is 6.29. The Hall–Kier alpha value is -3.86. The maximum absolute atomic E-state index is 11.3. The molecule has 0 spiro atoms. The van der Waals surface area contributed by atoms with Gasteiger partial charge in [-0.25, -0.2) is 0 Å². The maximum atomic E-state index is 11.3. The highest BCUT2D eigenvalue weighted by atomic mass is 16.5. The minimum Gasteiger partial charge on any atom is -0.469 e. The van der Waals surface area contributed by atoms with E-state index in [4.69, 9.17) is 14.5 Å². The van der Waals surface area contributed by atoms with E-state index in [1.165, 1.54) is 12.7 Å². The number of esters is 1. The Labute approximate surface area is 213 Å². The number of rotatable bonds is 12. The van der Waals surface area contributed by atoms with Gasteiger partial charge >= 0.3 is 12.0 Å². The van der Waals surface area contributed by atoms with E-state index in [1.807, 2.05) is 24.3 Å². The first kappa shape index (κ1) is 25.2. The van der Waals surface area contributed by atoms with Crippen molar-refractivity contribution in [3.05, 3.63) is 90.5 Å². The molecule has 0 aliphatic carbocycles. The van der Waals surface area contributed by atoms with Crippen molar-refractivity contribution in [1.29, 1.82) is 0 Å². The van der Waals surface area contributed by atoms with Crippen LogP contribution in [0.25, 0.3) is 28.2 Å². The Balaban J connectivity index is 1.59. The SMILES string of the molecule is COC(=O)CCCCCCCOc1nc(-c2ccccc2)c(-c2ccccc2)n1-c1ccc(C)cc1. The molecule has 1 heterocycles. The Kier molecular flexibility index (Phi) is 8.92. The van der Waals surface area contributed by atoms with Crippen molar-refractivity contribution < 1.29 is 14.3 Å². The van der Waals surface area contributed by atoms with Crippen LogP contribution < -0.4 is 4.74 Å². The number of nitrogens with zero attached hydrogens (tertiary/aromatic N) is 2. The van der Waals surface area contributed by atoms with Gasteiger partial charge in [0.2, 0.25) is 0 Å². The third kappa shape index (κ3) is 6.42. The molecule has 4 rings (SSSR count). The molecule has 0 unspecified atom stereocenters. The Bertz CT molecular complexity index is 1230. The van der Waals surface area contributed by atoms with Crippen molar-refractivity contribution >= 4 is 5.97 Å². The van der Waals surface area contributed by atoms with Crippen LogP contribution in [0.4, 0.5) is 0 Å². The first-order valence-corrected chi connectivity index (χ1v) is 12.7. The van der Waals surface area contributed by atoms with E-state index >= 15 is 0 Å². The Morgan fingerprint density at radius 2 is 1.39 bits per heavy atom. The van der Waals surface area contributed by atoms with Crippen molar-refractivity contribution in [2.24, 2.45) is 0 Å². The van der Waals surface area contributed by atoms with E-state index in [1.54, 1.807) is 0 Å². The highest BCUT2D eigenvalue weighted by molar-refractivity contribution is 5.81. The number of methoxy groups -OCH3 is 1. The molecule has 1 aromatic heterocycles. The van der Waals surface area contributed by atoms with Crippen molar-refractivity contribution in [2.75, 3.05) is 13.7 Å². The van der Waals surface area contributed by atoms with E-state index in [0.717, 1.165) is 60.3 Å². The highest BCUT2D eigenvalue weighted by Crippen LogP contribution is 2.38. The molecule has 5 nitrogen and oxygen atoms in total. The van der Waals surface area contributed by atoms with Gasteiger partial charge in [-0.1, -0.05) is 97.6 Å². The number of imidazole rings is 1. The molecular weight excluding hydrogens is 448 g/mol. The average molecular weight is 483 g/mol. The molecular formula is C31H34N2O3. The predicted octanol–water partition coefficient (Wildman–Crippen LogP) is 7.41. The Morgan fingerprint density at radius 3 is 2.06 bits per heavy atom. The second kappa shape index (κ2) is 12.7. The predicted molar refractivity (Wildman–Crippen MR) is 144 cm³/mol. The number of carbonyl (C=O) groups excluding carboxylic acids is 1. The number of unbranched alkanes of at least 4 members (excludes halogenated alkanes) is 4. The molecule has 5 heteroatoms. The third-order valence-electron chi connectivity index (χ3n) is 6.22. The molecule has 0 amide bonds. The smallest absolute Gasteiger partial charge is 0.305 e. The minimum absolute atomic E-state index is 0.135. The van der Waals surface area contributed by atoms with Crippen LogP contribution in [0.5, 0.6) is 6.01 Å². The van der Waals surface area contributed by atoms with Crippen molar-refractivity contribution in [2.45, 2.75) is 45.4 Å². The lowest BCUT2D eigenvalue weighted by molar-refractivity contribution is -0.140. The number of aromatic nitrogens is 2. The van der Waals surface area contributed by atoms with Crippen LogP contribution in [0, 0.1) is 6.92 Å². The van der Waals surface area contributed by atoms with Crippen LogP contribution in [0.3, 0.4) is 0 Å². The molecule has 0 saturated heterocycles. The van der Waals surface area contributed by atoms with Gasteiger partial charge in [-0.2, -0.15) is 4.98 Å². The van der Waals surface area contributed by atoms with E-state index in [-0.39, 0.29) is 5.97 Å². The minimum atomic E-state index is -0.135. The molecule has 4 aromatic rings. The lowest BCUT2D eigenvalue weighted by Crippen LogP contribution is -2.05. The van der Waals surface area contributed by atoms with Crippen molar-refractivity contribution in [1.82, 2.24) is 9.55 Å². The standard InChI is InChI=1S/C31H34N2O3/c1-24-19-21-27(22-20-24)33-30(26-16-10-7-11-17-26)29(25-14-8-6-9-15-25)32-31(33)36-23-13-5-3-4-12-18-28(34)35-2/h6-11,14-17,19-22H,3-5,12-13,18,23H2,1-2H3. The summed E-state index contributed by atoms with van der Waals surface area (Å²) in [6.07, 6.45) is 5.42. The fraction of sp³-hybridized carbons (Fsp3) is 0.290. The molecule has 0 bridgehead atoms. The zero-order chi connectivity index (χ0) is 25.2. The molecule has 186 valence electrons. The quantitative estimate of drug-likeness (QED) is 0.156. The molecule has 0 radical (unpaired) electrons. The van der Waals surface area contributed by atoms with Crippen LogP contribution in [-0.2, 0) is 9.53 Å². The largest absolute Gasteiger partial charge is 0.469 e. The van der Waals surface area contributed by atoms with Gasteiger partial charge in [-0.15, -0.1) is 0 Å². The summed E-state index contributed by atoms with van der Waals surface area (Å²) in [5.74, 6) is -0.135. The fourth-order valence-corrected chi connectivity index (χ4v) is 4.26. The number of hydrogen-bond acceptors (Lipinski definition) is 4. The van der Waals surface area contributed by atoms with E-state index in [2.05, 4.69) is 72.2 Å². The molecule has 0 N–H and O–H groups in total. The molecule has 0 atom stereocenters. The van der Waals surface area contributed by atoms with Crippen LogP contribution in [-0.4, -0.2) is 29.2 Å². The normalized spacial score (nSPS) is 10.8. The number of aryl methyl sites for hydroxylation is 1. The zero-order valence-electron chi connectivity index (χ0n) is 21.2. The summed E-state index contributed by atoms with van der Waals surface area (Å²) in [6.45, 7) is 2.68.